The fourth-order valence-electron chi connectivity index (χ4n) is 0.842. The van der Waals surface area contributed by atoms with Crippen LogP contribution in [-0.2, 0) is 9.53 Å². The zero-order valence-corrected chi connectivity index (χ0v) is 8.22. The fraction of sp³-hybridized carbons (Fsp3) is 0.667. The molecule has 3 nitrogen and oxygen atoms in total. The van der Waals surface area contributed by atoms with E-state index in [0.717, 1.165) is 18.4 Å². The third-order valence-corrected chi connectivity index (χ3v) is 1.37. The Balaban J connectivity index is 0. The first-order chi connectivity index (χ1) is 5.26. The number of rotatable bonds is 4. The largest absolute Gasteiger partial charge is 0.463 e. The second-order valence-corrected chi connectivity index (χ2v) is 2.21. The quantitative estimate of drug-likeness (QED) is 0.524. The monoisotopic (exact) mass is 173 g/mol. The van der Waals surface area contributed by atoms with Crippen LogP contribution in [0.4, 0.5) is 0 Å². The zero-order chi connectivity index (χ0) is 8.69. The molecule has 0 aromatic heterocycles. The lowest BCUT2D eigenvalue weighted by molar-refractivity contribution is -0.138. The predicted molar refractivity (Wildman–Crippen MR) is 50.3 cm³/mol. The summed E-state index contributed by atoms with van der Waals surface area (Å²) in [6.45, 7) is 6.24. The van der Waals surface area contributed by atoms with Gasteiger partial charge in [0.15, 0.2) is 0 Å². The molecule has 0 aliphatic rings. The van der Waals surface area contributed by atoms with Crippen molar-refractivity contribution in [1.82, 2.24) is 6.15 Å². The molecule has 3 N–H and O–H groups in total. The minimum Gasteiger partial charge on any atom is -0.463 e. The summed E-state index contributed by atoms with van der Waals surface area (Å²) in [5.74, 6) is -0.170. The van der Waals surface area contributed by atoms with Crippen molar-refractivity contribution in [1.29, 1.82) is 0 Å². The van der Waals surface area contributed by atoms with E-state index in [-0.39, 0.29) is 12.1 Å². The van der Waals surface area contributed by atoms with Crippen LogP contribution >= 0.6 is 0 Å². The molecular formula is C9H19NO2. The molecule has 3 heteroatoms. The van der Waals surface area contributed by atoms with Gasteiger partial charge in [-0.15, -0.1) is 0 Å². The smallest absolute Gasteiger partial charge is 0.333 e. The van der Waals surface area contributed by atoms with E-state index < -0.39 is 0 Å². The van der Waals surface area contributed by atoms with Crippen LogP contribution in [0.3, 0.4) is 0 Å². The highest BCUT2D eigenvalue weighted by Crippen LogP contribution is 2.04. The molecule has 0 aliphatic carbocycles. The highest BCUT2D eigenvalue weighted by Gasteiger charge is 2.05. The Hall–Kier alpha value is -0.830. The van der Waals surface area contributed by atoms with Gasteiger partial charge >= 0.3 is 5.97 Å². The number of ether oxygens (including phenoxy) is 1. The molecule has 0 saturated heterocycles. The molecule has 0 amide bonds. The van der Waals surface area contributed by atoms with E-state index in [2.05, 4.69) is 0 Å². The zero-order valence-electron chi connectivity index (χ0n) is 8.22. The Morgan fingerprint density at radius 2 is 1.92 bits per heavy atom. The predicted octanol–water partition coefficient (Wildman–Crippen LogP) is 2.46. The summed E-state index contributed by atoms with van der Waals surface area (Å²) in [5.41, 5.74) is 0.786. The number of hydrogen-bond acceptors (Lipinski definition) is 3. The first-order valence-electron chi connectivity index (χ1n) is 4.12. The van der Waals surface area contributed by atoms with Crippen molar-refractivity contribution < 1.29 is 9.53 Å². The summed E-state index contributed by atoms with van der Waals surface area (Å²) in [4.78, 5) is 11.1. The van der Waals surface area contributed by atoms with E-state index in [9.17, 15) is 4.79 Å². The van der Waals surface area contributed by atoms with Crippen molar-refractivity contribution >= 4 is 5.97 Å². The lowest BCUT2D eigenvalue weighted by atomic mass is 10.2. The molecule has 0 rings (SSSR count). The topological polar surface area (TPSA) is 61.3 Å². The highest BCUT2D eigenvalue weighted by atomic mass is 16.5. The molecule has 0 aromatic rings. The Morgan fingerprint density at radius 1 is 1.33 bits per heavy atom. The summed E-state index contributed by atoms with van der Waals surface area (Å²) < 4.78 is 4.84. The van der Waals surface area contributed by atoms with Gasteiger partial charge in [0.2, 0.25) is 0 Å². The van der Waals surface area contributed by atoms with Gasteiger partial charge in [-0.3, -0.25) is 0 Å². The third-order valence-electron chi connectivity index (χ3n) is 1.37. The molecule has 0 bridgehead atoms. The summed E-state index contributed by atoms with van der Waals surface area (Å²) in [6, 6.07) is 0. The molecular weight excluding hydrogens is 154 g/mol. The molecule has 0 unspecified atom stereocenters. The van der Waals surface area contributed by atoms with Crippen LogP contribution < -0.4 is 6.15 Å². The Labute approximate surface area is 74.4 Å². The van der Waals surface area contributed by atoms with Gasteiger partial charge in [-0.05, 0) is 19.8 Å². The highest BCUT2D eigenvalue weighted by molar-refractivity contribution is 5.88. The molecule has 0 aromatic carbocycles. The second kappa shape index (κ2) is 8.27. The van der Waals surface area contributed by atoms with Crippen molar-refractivity contribution in [3.8, 4) is 0 Å². The van der Waals surface area contributed by atoms with Crippen LogP contribution in [0.15, 0.2) is 11.6 Å². The van der Waals surface area contributed by atoms with Crippen molar-refractivity contribution in [3.63, 3.8) is 0 Å². The normalized spacial score (nSPS) is 10.4. The molecule has 0 fully saturated rings. The Morgan fingerprint density at radius 3 is 2.25 bits per heavy atom. The molecule has 0 spiro atoms. The standard InChI is InChI=1S/C9H16O2.H3N/c1-4-7-8(5-2)9(10)11-6-3;/h7H,4-6H2,1-3H3;1H3. The van der Waals surface area contributed by atoms with E-state index >= 15 is 0 Å². The minimum atomic E-state index is -0.170. The van der Waals surface area contributed by atoms with E-state index in [1.807, 2.05) is 26.8 Å². The van der Waals surface area contributed by atoms with Gasteiger partial charge < -0.3 is 10.9 Å². The average Bonchev–Trinajstić information content (AvgIpc) is 2.00. The first-order valence-corrected chi connectivity index (χ1v) is 4.12. The van der Waals surface area contributed by atoms with Crippen LogP contribution in [0.5, 0.6) is 0 Å². The Kier molecular flexibility index (Phi) is 9.47. The van der Waals surface area contributed by atoms with Crippen LogP contribution in [0.1, 0.15) is 33.6 Å². The minimum absolute atomic E-state index is 0. The van der Waals surface area contributed by atoms with E-state index in [1.54, 1.807) is 0 Å². The van der Waals surface area contributed by atoms with Gasteiger partial charge in [-0.1, -0.05) is 19.9 Å². The van der Waals surface area contributed by atoms with Gasteiger partial charge in [-0.25, -0.2) is 4.79 Å². The first kappa shape index (κ1) is 13.7. The van der Waals surface area contributed by atoms with Crippen molar-refractivity contribution in [3.05, 3.63) is 11.6 Å². The van der Waals surface area contributed by atoms with Crippen molar-refractivity contribution in [2.75, 3.05) is 6.61 Å². The summed E-state index contributed by atoms with van der Waals surface area (Å²) in [7, 11) is 0. The summed E-state index contributed by atoms with van der Waals surface area (Å²) >= 11 is 0. The molecule has 0 aliphatic heterocycles. The second-order valence-electron chi connectivity index (χ2n) is 2.21. The van der Waals surface area contributed by atoms with Gasteiger partial charge in [-0.2, -0.15) is 0 Å². The number of carbonyl (C=O) groups is 1. The number of allylic oxidation sites excluding steroid dienone is 1. The Bertz CT molecular complexity index is 153. The SMILES string of the molecule is CCC=C(CC)C(=O)OCC.N. The van der Waals surface area contributed by atoms with Gasteiger partial charge in [0, 0.05) is 5.57 Å². The number of carbonyl (C=O) groups excluding carboxylic acids is 1. The van der Waals surface area contributed by atoms with Gasteiger partial charge in [0.25, 0.3) is 0 Å². The molecule has 0 saturated carbocycles. The van der Waals surface area contributed by atoms with Crippen LogP contribution in [0.2, 0.25) is 0 Å². The fourth-order valence-corrected chi connectivity index (χ4v) is 0.842. The lowest BCUT2D eigenvalue weighted by Crippen LogP contribution is -2.06. The number of esters is 1. The third kappa shape index (κ3) is 4.91. The van der Waals surface area contributed by atoms with Crippen molar-refractivity contribution in [2.45, 2.75) is 33.6 Å². The molecule has 0 heterocycles. The maximum absolute atomic E-state index is 11.1. The molecule has 72 valence electrons. The van der Waals surface area contributed by atoms with Gasteiger partial charge in [0.1, 0.15) is 0 Å². The maximum atomic E-state index is 11.1. The molecule has 0 radical (unpaired) electrons. The summed E-state index contributed by atoms with van der Waals surface area (Å²) in [5, 5.41) is 0. The number of hydrogen-bond donors (Lipinski definition) is 1. The van der Waals surface area contributed by atoms with E-state index in [4.69, 9.17) is 4.74 Å². The van der Waals surface area contributed by atoms with E-state index in [1.165, 1.54) is 0 Å². The van der Waals surface area contributed by atoms with E-state index in [0.29, 0.717) is 6.61 Å². The molecule has 0 atom stereocenters. The maximum Gasteiger partial charge on any atom is 0.333 e. The lowest BCUT2D eigenvalue weighted by Gasteiger charge is -2.02. The average molecular weight is 173 g/mol. The van der Waals surface area contributed by atoms with Crippen molar-refractivity contribution in [2.24, 2.45) is 0 Å². The van der Waals surface area contributed by atoms with Crippen LogP contribution in [-0.4, -0.2) is 12.6 Å². The summed E-state index contributed by atoms with van der Waals surface area (Å²) in [6.07, 6.45) is 3.56. The van der Waals surface area contributed by atoms with Gasteiger partial charge in [0.05, 0.1) is 6.61 Å². The van der Waals surface area contributed by atoms with Crippen LogP contribution in [0, 0.1) is 0 Å². The van der Waals surface area contributed by atoms with Crippen LogP contribution in [0.25, 0.3) is 0 Å². The molecule has 12 heavy (non-hydrogen) atoms.